The van der Waals surface area contributed by atoms with E-state index in [0.717, 1.165) is 29.5 Å². The maximum Gasteiger partial charge on any atom is 0.292 e. The summed E-state index contributed by atoms with van der Waals surface area (Å²) in [5, 5.41) is 1.16. The van der Waals surface area contributed by atoms with Crippen molar-refractivity contribution in [1.82, 2.24) is 9.97 Å². The molecule has 0 aliphatic rings. The fourth-order valence-electron chi connectivity index (χ4n) is 2.32. The van der Waals surface area contributed by atoms with E-state index >= 15 is 0 Å². The van der Waals surface area contributed by atoms with Crippen LogP contribution in [0.3, 0.4) is 0 Å². The monoisotopic (exact) mass is 241 g/mol. The van der Waals surface area contributed by atoms with Crippen molar-refractivity contribution in [3.8, 4) is 11.3 Å². The molecule has 2 aromatic heterocycles. The normalized spacial score (nSPS) is 11.2. The number of oxazole rings is 1. The second-order valence-electron chi connectivity index (χ2n) is 4.36. The van der Waals surface area contributed by atoms with Crippen LogP contribution in [0.1, 0.15) is 18.9 Å². The van der Waals surface area contributed by atoms with Crippen molar-refractivity contribution in [2.24, 2.45) is 0 Å². The smallest absolute Gasteiger partial charge is 0.292 e. The molecule has 0 aliphatic heterocycles. The summed E-state index contributed by atoms with van der Waals surface area (Å²) < 4.78 is 5.07. The molecule has 0 amide bonds. The second kappa shape index (κ2) is 4.22. The molecular weight excluding hydrogens is 226 g/mol. The van der Waals surface area contributed by atoms with E-state index in [1.54, 1.807) is 6.26 Å². The van der Waals surface area contributed by atoms with E-state index < -0.39 is 0 Å². The summed E-state index contributed by atoms with van der Waals surface area (Å²) in [6.07, 6.45) is 5.74. The lowest BCUT2D eigenvalue weighted by atomic mass is 10.0. The maximum absolute atomic E-state index is 5.52. The molecule has 0 spiro atoms. The molecule has 0 bridgehead atoms. The zero-order chi connectivity index (χ0) is 12.5. The Balaban J connectivity index is 2.17. The van der Waals surface area contributed by atoms with E-state index in [-0.39, 0.29) is 6.01 Å². The molecule has 0 saturated carbocycles. The summed E-state index contributed by atoms with van der Waals surface area (Å²) >= 11 is 0. The van der Waals surface area contributed by atoms with Gasteiger partial charge in [0.2, 0.25) is 0 Å². The average molecular weight is 241 g/mol. The number of anilines is 1. The first kappa shape index (κ1) is 10.9. The van der Waals surface area contributed by atoms with Crippen LogP contribution in [0.4, 0.5) is 6.01 Å². The van der Waals surface area contributed by atoms with Gasteiger partial charge in [0.1, 0.15) is 12.0 Å². The SMILES string of the molecule is CCCc1cccc2c(-c3coc(N)n3)c[nH]c12. The van der Waals surface area contributed by atoms with Gasteiger partial charge >= 0.3 is 0 Å². The molecule has 2 heterocycles. The molecular formula is C14H15N3O. The van der Waals surface area contributed by atoms with E-state index in [1.807, 2.05) is 6.20 Å². The predicted octanol–water partition coefficient (Wildman–Crippen LogP) is 3.36. The van der Waals surface area contributed by atoms with Gasteiger partial charge in [-0.2, -0.15) is 4.98 Å². The zero-order valence-electron chi connectivity index (χ0n) is 10.2. The number of nitrogen functional groups attached to an aromatic ring is 1. The first-order valence-corrected chi connectivity index (χ1v) is 6.10. The van der Waals surface area contributed by atoms with E-state index in [1.165, 1.54) is 11.1 Å². The number of rotatable bonds is 3. The van der Waals surface area contributed by atoms with Gasteiger partial charge in [0.25, 0.3) is 6.01 Å². The van der Waals surface area contributed by atoms with Crippen molar-refractivity contribution >= 4 is 16.9 Å². The third-order valence-corrected chi connectivity index (χ3v) is 3.12. The Morgan fingerprint density at radius 3 is 3.00 bits per heavy atom. The lowest BCUT2D eigenvalue weighted by Gasteiger charge is -2.01. The molecule has 3 aromatic rings. The first-order chi connectivity index (χ1) is 8.79. The quantitative estimate of drug-likeness (QED) is 0.738. The van der Waals surface area contributed by atoms with Gasteiger partial charge < -0.3 is 15.1 Å². The minimum atomic E-state index is 0.198. The molecule has 92 valence electrons. The van der Waals surface area contributed by atoms with Crippen molar-refractivity contribution in [1.29, 1.82) is 0 Å². The Bertz CT molecular complexity index is 681. The van der Waals surface area contributed by atoms with Crippen molar-refractivity contribution in [3.63, 3.8) is 0 Å². The standard InChI is InChI=1S/C14H15N3O/c1-2-4-9-5-3-6-10-11(7-16-13(9)10)12-8-18-14(15)17-12/h3,5-8,16H,2,4H2,1H3,(H2,15,17). The molecule has 3 rings (SSSR count). The molecule has 4 heteroatoms. The molecule has 18 heavy (non-hydrogen) atoms. The van der Waals surface area contributed by atoms with Crippen LogP contribution < -0.4 is 5.73 Å². The second-order valence-corrected chi connectivity index (χ2v) is 4.36. The number of para-hydroxylation sites is 1. The number of aromatic amines is 1. The van der Waals surface area contributed by atoms with Gasteiger partial charge in [-0.1, -0.05) is 31.5 Å². The number of benzene rings is 1. The van der Waals surface area contributed by atoms with Crippen LogP contribution in [0.2, 0.25) is 0 Å². The molecule has 0 fully saturated rings. The van der Waals surface area contributed by atoms with Gasteiger partial charge in [0, 0.05) is 22.7 Å². The van der Waals surface area contributed by atoms with Crippen LogP contribution in [0, 0.1) is 0 Å². The van der Waals surface area contributed by atoms with Gasteiger partial charge in [-0.05, 0) is 12.0 Å². The summed E-state index contributed by atoms with van der Waals surface area (Å²) in [6, 6.07) is 6.52. The van der Waals surface area contributed by atoms with Crippen molar-refractivity contribution in [2.75, 3.05) is 5.73 Å². The molecule has 3 N–H and O–H groups in total. The number of nitrogens with one attached hydrogen (secondary N) is 1. The first-order valence-electron chi connectivity index (χ1n) is 6.10. The Hall–Kier alpha value is -2.23. The number of aryl methyl sites for hydroxylation is 1. The zero-order valence-corrected chi connectivity index (χ0v) is 10.2. The van der Waals surface area contributed by atoms with Crippen molar-refractivity contribution in [3.05, 3.63) is 36.2 Å². The third-order valence-electron chi connectivity index (χ3n) is 3.12. The van der Waals surface area contributed by atoms with Crippen LogP contribution in [-0.4, -0.2) is 9.97 Å². The van der Waals surface area contributed by atoms with E-state index in [2.05, 4.69) is 35.1 Å². The predicted molar refractivity (Wildman–Crippen MR) is 72.2 cm³/mol. The lowest BCUT2D eigenvalue weighted by molar-refractivity contribution is 0.581. The van der Waals surface area contributed by atoms with E-state index in [0.29, 0.717) is 0 Å². The van der Waals surface area contributed by atoms with E-state index in [9.17, 15) is 0 Å². The number of aromatic nitrogens is 2. The van der Waals surface area contributed by atoms with Crippen LogP contribution in [0.15, 0.2) is 35.1 Å². The van der Waals surface area contributed by atoms with Gasteiger partial charge in [0.05, 0.1) is 0 Å². The van der Waals surface area contributed by atoms with Gasteiger partial charge in [-0.3, -0.25) is 0 Å². The topological polar surface area (TPSA) is 67.8 Å². The number of hydrogen-bond acceptors (Lipinski definition) is 3. The summed E-state index contributed by atoms with van der Waals surface area (Å²) in [4.78, 5) is 7.50. The van der Waals surface area contributed by atoms with E-state index in [4.69, 9.17) is 10.2 Å². The minimum absolute atomic E-state index is 0.198. The van der Waals surface area contributed by atoms with Crippen LogP contribution in [-0.2, 0) is 6.42 Å². The highest BCUT2D eigenvalue weighted by molar-refractivity contribution is 5.96. The molecule has 1 aromatic carbocycles. The largest absolute Gasteiger partial charge is 0.432 e. The van der Waals surface area contributed by atoms with Crippen LogP contribution in [0.5, 0.6) is 0 Å². The van der Waals surface area contributed by atoms with Gasteiger partial charge in [-0.15, -0.1) is 0 Å². The number of H-pyrrole nitrogens is 1. The molecule has 0 saturated heterocycles. The molecule has 0 unspecified atom stereocenters. The van der Waals surface area contributed by atoms with Gasteiger partial charge in [-0.25, -0.2) is 0 Å². The Labute approximate surface area is 105 Å². The summed E-state index contributed by atoms with van der Waals surface area (Å²) in [7, 11) is 0. The highest BCUT2D eigenvalue weighted by atomic mass is 16.4. The Kier molecular flexibility index (Phi) is 2.55. The van der Waals surface area contributed by atoms with Gasteiger partial charge in [0.15, 0.2) is 0 Å². The lowest BCUT2D eigenvalue weighted by Crippen LogP contribution is -1.85. The molecule has 4 nitrogen and oxygen atoms in total. The van der Waals surface area contributed by atoms with Crippen molar-refractivity contribution in [2.45, 2.75) is 19.8 Å². The third kappa shape index (κ3) is 1.66. The highest BCUT2D eigenvalue weighted by Crippen LogP contribution is 2.30. The number of nitrogens with two attached hydrogens (primary N) is 1. The number of hydrogen-bond donors (Lipinski definition) is 2. The fraction of sp³-hybridized carbons (Fsp3) is 0.214. The highest BCUT2D eigenvalue weighted by Gasteiger charge is 2.11. The number of fused-ring (bicyclic) bond motifs is 1. The minimum Gasteiger partial charge on any atom is -0.432 e. The molecule has 0 radical (unpaired) electrons. The molecule has 0 aliphatic carbocycles. The summed E-state index contributed by atoms with van der Waals surface area (Å²) in [5.41, 5.74) is 9.83. The number of nitrogens with zero attached hydrogens (tertiary/aromatic N) is 1. The summed E-state index contributed by atoms with van der Waals surface area (Å²) in [6.45, 7) is 2.18. The Morgan fingerprint density at radius 1 is 1.39 bits per heavy atom. The molecule has 0 atom stereocenters. The average Bonchev–Trinajstić information content (AvgIpc) is 2.96. The van der Waals surface area contributed by atoms with Crippen molar-refractivity contribution < 1.29 is 4.42 Å². The maximum atomic E-state index is 5.52. The summed E-state index contributed by atoms with van der Waals surface area (Å²) in [5.74, 6) is 0. The van der Waals surface area contributed by atoms with Crippen LogP contribution >= 0.6 is 0 Å². The fourth-order valence-corrected chi connectivity index (χ4v) is 2.32. The Morgan fingerprint density at radius 2 is 2.28 bits per heavy atom. The van der Waals surface area contributed by atoms with Crippen LogP contribution in [0.25, 0.3) is 22.2 Å².